The van der Waals surface area contributed by atoms with Gasteiger partial charge in [0, 0.05) is 0 Å². The lowest BCUT2D eigenvalue weighted by atomic mass is 9.98. The molecule has 2 fully saturated rings. The first-order valence-electron chi connectivity index (χ1n) is 15.7. The van der Waals surface area contributed by atoms with Crippen LogP contribution in [-0.4, -0.2) is 64.5 Å². The van der Waals surface area contributed by atoms with Crippen molar-refractivity contribution in [3.05, 3.63) is 71.8 Å². The summed E-state index contributed by atoms with van der Waals surface area (Å²) in [5, 5.41) is 9.95. The zero-order chi connectivity index (χ0) is 33.5. The Hall–Kier alpha value is -1.25. The van der Waals surface area contributed by atoms with Crippen molar-refractivity contribution >= 4 is 24.2 Å². The van der Waals surface area contributed by atoms with Crippen LogP contribution in [0.5, 0.6) is 0 Å². The third kappa shape index (κ3) is 7.59. The van der Waals surface area contributed by atoms with Crippen LogP contribution in [0.2, 0.25) is 36.3 Å². The number of aliphatic hydroxyl groups excluding tert-OH is 1. The van der Waals surface area contributed by atoms with Gasteiger partial charge in [0.05, 0.1) is 19.8 Å². The molecule has 8 nitrogen and oxygen atoms in total. The number of alkyl halides is 1. The molecule has 252 valence electrons. The van der Waals surface area contributed by atoms with E-state index in [0.29, 0.717) is 11.1 Å². The summed E-state index contributed by atoms with van der Waals surface area (Å²) in [6.07, 6.45) is -3.65. The zero-order valence-corrected chi connectivity index (χ0v) is 31.3. The molecule has 2 aromatic carbocycles. The summed E-state index contributed by atoms with van der Waals surface area (Å²) in [4.78, 5) is 0. The highest BCUT2D eigenvalue weighted by Gasteiger charge is 2.75. The largest absolute Gasteiger partial charge is 0.408 e. The minimum atomic E-state index is -4.64. The molecule has 45 heavy (non-hydrogen) atoms. The van der Waals surface area contributed by atoms with Gasteiger partial charge in [-0.05, 0) is 47.4 Å². The lowest BCUT2D eigenvalue weighted by Crippen LogP contribution is -2.64. The van der Waals surface area contributed by atoms with Crippen LogP contribution in [0.25, 0.3) is 0 Å². The molecular formula is C33H52FO8PSi2. The number of rotatable bonds is 13. The molecule has 2 aliphatic heterocycles. The summed E-state index contributed by atoms with van der Waals surface area (Å²) >= 11 is 0. The summed E-state index contributed by atoms with van der Waals surface area (Å²) < 4.78 is 70.7. The first-order chi connectivity index (χ1) is 20.8. The first kappa shape index (κ1) is 36.6. The van der Waals surface area contributed by atoms with Crippen molar-refractivity contribution in [1.29, 1.82) is 0 Å². The van der Waals surface area contributed by atoms with Crippen molar-refractivity contribution in [1.82, 2.24) is 0 Å². The molecule has 2 aromatic rings. The van der Waals surface area contributed by atoms with Crippen LogP contribution in [0, 0.1) is 0 Å². The van der Waals surface area contributed by atoms with Crippen molar-refractivity contribution in [2.75, 3.05) is 6.61 Å². The minimum absolute atomic E-state index is 0.159. The van der Waals surface area contributed by atoms with E-state index in [-0.39, 0.29) is 23.3 Å². The fourth-order valence-corrected chi connectivity index (χ4v) is 9.26. The van der Waals surface area contributed by atoms with Crippen LogP contribution in [0.4, 0.5) is 4.39 Å². The topological polar surface area (TPSA) is 92.7 Å². The second-order valence-corrected chi connectivity index (χ2v) is 26.7. The molecule has 12 heteroatoms. The smallest absolute Gasteiger partial charge is 0.370 e. The normalized spacial score (nSPS) is 26.8. The average molecular weight is 683 g/mol. The van der Waals surface area contributed by atoms with Crippen LogP contribution in [0.15, 0.2) is 60.7 Å². The van der Waals surface area contributed by atoms with E-state index in [9.17, 15) is 9.67 Å². The highest BCUT2D eigenvalue weighted by molar-refractivity contribution is 7.54. The Morgan fingerprint density at radius 1 is 0.822 bits per heavy atom. The third-order valence-electron chi connectivity index (χ3n) is 9.80. The molecule has 2 heterocycles. The number of hydrogen-bond acceptors (Lipinski definition) is 8. The fraction of sp³-hybridized carbons (Fsp3) is 0.636. The van der Waals surface area contributed by atoms with E-state index in [2.05, 4.69) is 67.7 Å². The van der Waals surface area contributed by atoms with Gasteiger partial charge in [-0.25, -0.2) is 4.39 Å². The second kappa shape index (κ2) is 13.3. The molecule has 1 N–H and O–H groups in total. The van der Waals surface area contributed by atoms with Crippen LogP contribution in [0.3, 0.4) is 0 Å². The molecule has 2 aliphatic rings. The molecule has 2 unspecified atom stereocenters. The molecule has 0 spiro atoms. The number of hydrogen-bond donors (Lipinski definition) is 1. The van der Waals surface area contributed by atoms with Gasteiger partial charge in [-0.3, -0.25) is 4.57 Å². The van der Waals surface area contributed by atoms with E-state index in [1.54, 1.807) is 24.3 Å². The second-order valence-electron chi connectivity index (χ2n) is 15.2. The Morgan fingerprint density at radius 3 is 1.69 bits per heavy atom. The molecule has 0 amide bonds. The van der Waals surface area contributed by atoms with E-state index in [0.717, 1.165) is 0 Å². The van der Waals surface area contributed by atoms with Crippen LogP contribution in [-0.2, 0) is 45.2 Å². The van der Waals surface area contributed by atoms with Crippen molar-refractivity contribution in [2.24, 2.45) is 0 Å². The van der Waals surface area contributed by atoms with Crippen LogP contribution < -0.4 is 0 Å². The standard InChI is InChI=1S/C33H52FO8PSi2/c1-31(2,3)44(7,8)41-28-27-26(21-35)39-33(40-27,29(28)42-45(9,10)32(4,5)6)30(34)43(36,37-22-24-17-13-11-14-18-24)38-23-25-19-15-12-16-20-25/h11-20,26-30,35H,21-23H2,1-10H3/t26-,27+,28+,29-,30?,33?/m1/s1. The van der Waals surface area contributed by atoms with Crippen molar-refractivity contribution in [3.8, 4) is 0 Å². The zero-order valence-electron chi connectivity index (χ0n) is 28.4. The summed E-state index contributed by atoms with van der Waals surface area (Å²) in [5.74, 6) is -4.62. The predicted octanol–water partition coefficient (Wildman–Crippen LogP) is 8.18. The third-order valence-corrected chi connectivity index (χ3v) is 20.6. The van der Waals surface area contributed by atoms with E-state index < -0.39 is 67.0 Å². The Balaban J connectivity index is 1.79. The van der Waals surface area contributed by atoms with Gasteiger partial charge in [0.1, 0.15) is 24.4 Å². The molecule has 0 saturated carbocycles. The number of ether oxygens (including phenoxy) is 2. The Morgan fingerprint density at radius 2 is 1.27 bits per heavy atom. The molecular weight excluding hydrogens is 630 g/mol. The van der Waals surface area contributed by atoms with E-state index in [4.69, 9.17) is 27.4 Å². The summed E-state index contributed by atoms with van der Waals surface area (Å²) in [6.45, 7) is 20.2. The SMILES string of the molecule is CC(C)(C)[Si](C)(C)O[C@H]1[C@H]2OC(C(F)P(=O)(OCc3ccccc3)OCc3ccccc3)(O[C@@H]2CO)[C@@H]1O[Si](C)(C)C(C)(C)C. The summed E-state index contributed by atoms with van der Waals surface area (Å²) in [5.41, 5.74) is 1.40. The molecule has 0 aliphatic carbocycles. The van der Waals surface area contributed by atoms with Crippen LogP contribution >= 0.6 is 7.60 Å². The van der Waals surface area contributed by atoms with Gasteiger partial charge >= 0.3 is 7.60 Å². The van der Waals surface area contributed by atoms with Crippen LogP contribution in [0.1, 0.15) is 52.7 Å². The quantitative estimate of drug-likeness (QED) is 0.167. The Labute approximate surface area is 270 Å². The van der Waals surface area contributed by atoms with Gasteiger partial charge in [-0.1, -0.05) is 102 Å². The molecule has 4 rings (SSSR count). The molecule has 2 bridgehead atoms. The summed E-state index contributed by atoms with van der Waals surface area (Å²) in [7, 11) is -9.75. The maximum atomic E-state index is 17.6. The fourth-order valence-electron chi connectivity index (χ4n) is 4.98. The maximum Gasteiger partial charge on any atom is 0.370 e. The Bertz CT molecular complexity index is 1270. The van der Waals surface area contributed by atoms with Gasteiger partial charge in [0.2, 0.25) is 5.79 Å². The number of benzene rings is 2. The molecule has 0 radical (unpaired) electrons. The molecule has 2 saturated heterocycles. The van der Waals surface area contributed by atoms with E-state index >= 15 is 4.39 Å². The lowest BCUT2D eigenvalue weighted by molar-refractivity contribution is -0.238. The van der Waals surface area contributed by atoms with Gasteiger partial charge in [-0.15, -0.1) is 0 Å². The van der Waals surface area contributed by atoms with Gasteiger partial charge in [-0.2, -0.15) is 0 Å². The highest BCUT2D eigenvalue weighted by Crippen LogP contribution is 2.65. The van der Waals surface area contributed by atoms with E-state index in [1.165, 1.54) is 0 Å². The first-order valence-corrected chi connectivity index (χ1v) is 23.1. The van der Waals surface area contributed by atoms with Gasteiger partial charge < -0.3 is 32.5 Å². The van der Waals surface area contributed by atoms with Crippen molar-refractivity contribution in [3.63, 3.8) is 0 Å². The Kier molecular flexibility index (Phi) is 10.8. The van der Waals surface area contributed by atoms with Crippen molar-refractivity contribution in [2.45, 2.75) is 127 Å². The van der Waals surface area contributed by atoms with E-state index in [1.807, 2.05) is 36.4 Å². The lowest BCUT2D eigenvalue weighted by Gasteiger charge is -2.49. The minimum Gasteiger partial charge on any atom is -0.408 e. The number of halogens is 1. The predicted molar refractivity (Wildman–Crippen MR) is 179 cm³/mol. The summed E-state index contributed by atoms with van der Waals surface area (Å²) in [6, 6.07) is 18.2. The van der Waals surface area contributed by atoms with Gasteiger partial charge in [0.15, 0.2) is 16.6 Å². The molecule has 6 atom stereocenters. The maximum absolute atomic E-state index is 17.6. The number of fused-ring (bicyclic) bond motifs is 2. The average Bonchev–Trinajstić information content (AvgIpc) is 3.49. The molecule has 0 aromatic heterocycles. The number of aliphatic hydroxyl groups is 1. The van der Waals surface area contributed by atoms with Gasteiger partial charge in [0.25, 0.3) is 5.91 Å². The monoisotopic (exact) mass is 682 g/mol. The van der Waals surface area contributed by atoms with Crippen molar-refractivity contribution < 1.29 is 41.4 Å². The highest BCUT2D eigenvalue weighted by atomic mass is 31.2.